The van der Waals surface area contributed by atoms with Crippen LogP contribution in [0.25, 0.3) is 0 Å². The zero-order valence-corrected chi connectivity index (χ0v) is 38.3. The summed E-state index contributed by atoms with van der Waals surface area (Å²) >= 11 is 0. The van der Waals surface area contributed by atoms with Crippen LogP contribution in [0.4, 0.5) is 0 Å². The Hall–Kier alpha value is -1.63. The third-order valence-electron chi connectivity index (χ3n) is 11.6. The standard InChI is InChI=1S/C49H95NO6/c1-7-11-21-30-44(31-22-12-8-2)38-42-54-47(51)36-27-18-16-15-17-25-34-46(49(53)56-41-29-40-50(5)6)35-26-19-20-28-37-48(52)55-43-39-45(32-23-13-9-3)33-24-14-10-4/h44-46H,7-43H2,1-6H3. The molecule has 0 heterocycles. The topological polar surface area (TPSA) is 82.1 Å². The van der Waals surface area contributed by atoms with Gasteiger partial charge in [-0.3, -0.25) is 14.4 Å². The molecule has 332 valence electrons. The van der Waals surface area contributed by atoms with Gasteiger partial charge in [0.15, 0.2) is 0 Å². The maximum Gasteiger partial charge on any atom is 0.308 e. The number of unbranched alkanes of at least 4 members (excludes halogenated alkanes) is 16. The Labute approximate surface area is 348 Å². The van der Waals surface area contributed by atoms with Gasteiger partial charge in [0.05, 0.1) is 25.7 Å². The highest BCUT2D eigenvalue weighted by atomic mass is 16.5. The van der Waals surface area contributed by atoms with E-state index < -0.39 is 0 Å². The van der Waals surface area contributed by atoms with Crippen LogP contribution in [0, 0.1) is 17.8 Å². The maximum absolute atomic E-state index is 13.1. The molecule has 1 atom stereocenters. The summed E-state index contributed by atoms with van der Waals surface area (Å²) in [6, 6.07) is 0. The average Bonchev–Trinajstić information content (AvgIpc) is 3.17. The molecule has 0 saturated carbocycles. The predicted octanol–water partition coefficient (Wildman–Crippen LogP) is 14.0. The number of rotatable bonds is 43. The first-order valence-corrected chi connectivity index (χ1v) is 24.4. The zero-order valence-electron chi connectivity index (χ0n) is 38.3. The molecule has 0 aliphatic heterocycles. The highest BCUT2D eigenvalue weighted by Crippen LogP contribution is 2.24. The molecule has 0 aromatic rings. The van der Waals surface area contributed by atoms with Crippen LogP contribution >= 0.6 is 0 Å². The van der Waals surface area contributed by atoms with Crippen molar-refractivity contribution in [1.82, 2.24) is 4.90 Å². The Kier molecular flexibility index (Phi) is 40.3. The van der Waals surface area contributed by atoms with Gasteiger partial charge in [0.25, 0.3) is 0 Å². The number of hydrogen-bond acceptors (Lipinski definition) is 7. The second-order valence-corrected chi connectivity index (χ2v) is 17.4. The zero-order chi connectivity index (χ0) is 41.3. The molecule has 0 aliphatic carbocycles. The van der Waals surface area contributed by atoms with E-state index in [4.69, 9.17) is 14.2 Å². The number of carbonyl (C=O) groups excluding carboxylic acids is 3. The number of hydrogen-bond donors (Lipinski definition) is 0. The van der Waals surface area contributed by atoms with Gasteiger partial charge in [-0.15, -0.1) is 0 Å². The Morgan fingerprint density at radius 3 is 1.12 bits per heavy atom. The highest BCUT2D eigenvalue weighted by molar-refractivity contribution is 5.72. The van der Waals surface area contributed by atoms with Crippen LogP contribution in [0.15, 0.2) is 0 Å². The van der Waals surface area contributed by atoms with Crippen molar-refractivity contribution in [1.29, 1.82) is 0 Å². The molecule has 0 amide bonds. The van der Waals surface area contributed by atoms with E-state index in [2.05, 4.69) is 32.6 Å². The molecule has 7 heteroatoms. The van der Waals surface area contributed by atoms with Crippen LogP contribution in [0.2, 0.25) is 0 Å². The summed E-state index contributed by atoms with van der Waals surface area (Å²) in [7, 11) is 4.08. The van der Waals surface area contributed by atoms with Crippen LogP contribution in [0.3, 0.4) is 0 Å². The van der Waals surface area contributed by atoms with Gasteiger partial charge in [-0.05, 0) is 70.9 Å². The second-order valence-electron chi connectivity index (χ2n) is 17.4. The van der Waals surface area contributed by atoms with Gasteiger partial charge >= 0.3 is 17.9 Å². The number of esters is 3. The van der Waals surface area contributed by atoms with Gasteiger partial charge in [0.1, 0.15) is 0 Å². The van der Waals surface area contributed by atoms with E-state index >= 15 is 0 Å². The maximum atomic E-state index is 13.1. The smallest absolute Gasteiger partial charge is 0.308 e. The van der Waals surface area contributed by atoms with Gasteiger partial charge in [0, 0.05) is 19.4 Å². The summed E-state index contributed by atoms with van der Waals surface area (Å²) < 4.78 is 17.0. The third kappa shape index (κ3) is 36.7. The van der Waals surface area contributed by atoms with E-state index in [9.17, 15) is 14.4 Å². The van der Waals surface area contributed by atoms with E-state index in [1.165, 1.54) is 103 Å². The molecule has 0 aromatic carbocycles. The van der Waals surface area contributed by atoms with Crippen molar-refractivity contribution in [3.63, 3.8) is 0 Å². The molecule has 0 aliphatic rings. The van der Waals surface area contributed by atoms with Crippen molar-refractivity contribution < 1.29 is 28.6 Å². The molecule has 7 nitrogen and oxygen atoms in total. The summed E-state index contributed by atoms with van der Waals surface area (Å²) in [5.41, 5.74) is 0. The van der Waals surface area contributed by atoms with Crippen molar-refractivity contribution in [2.45, 2.75) is 240 Å². The van der Waals surface area contributed by atoms with E-state index in [1.54, 1.807) is 0 Å². The molecule has 0 saturated heterocycles. The van der Waals surface area contributed by atoms with Crippen LogP contribution < -0.4 is 0 Å². The molecule has 0 radical (unpaired) electrons. The monoisotopic (exact) mass is 794 g/mol. The normalized spacial score (nSPS) is 12.2. The van der Waals surface area contributed by atoms with Crippen molar-refractivity contribution in [3.05, 3.63) is 0 Å². The van der Waals surface area contributed by atoms with Crippen molar-refractivity contribution in [2.24, 2.45) is 17.8 Å². The predicted molar refractivity (Wildman–Crippen MR) is 237 cm³/mol. The van der Waals surface area contributed by atoms with Gasteiger partial charge < -0.3 is 19.1 Å². The van der Waals surface area contributed by atoms with Crippen molar-refractivity contribution >= 4 is 17.9 Å². The summed E-state index contributed by atoms with van der Waals surface area (Å²) in [5.74, 6) is 1.20. The van der Waals surface area contributed by atoms with Crippen molar-refractivity contribution in [3.8, 4) is 0 Å². The van der Waals surface area contributed by atoms with Crippen LogP contribution in [0.1, 0.15) is 240 Å². The highest BCUT2D eigenvalue weighted by Gasteiger charge is 2.20. The second kappa shape index (κ2) is 41.5. The molecule has 0 bridgehead atoms. The molecular formula is C49H95NO6. The lowest BCUT2D eigenvalue weighted by Gasteiger charge is -2.17. The van der Waals surface area contributed by atoms with Crippen LogP contribution in [-0.4, -0.2) is 63.3 Å². The van der Waals surface area contributed by atoms with Crippen LogP contribution in [0.5, 0.6) is 0 Å². The molecule has 0 N–H and O–H groups in total. The first kappa shape index (κ1) is 54.4. The molecule has 0 rings (SSSR count). The van der Waals surface area contributed by atoms with Gasteiger partial charge in [-0.1, -0.05) is 182 Å². The SMILES string of the molecule is CCCCCC(CCCCC)CCOC(=O)CCCCCCCCC(CCCCCCC(=O)OCCC(CCCCC)CCCCC)C(=O)OCCCN(C)C. The van der Waals surface area contributed by atoms with Gasteiger partial charge in [-0.2, -0.15) is 0 Å². The van der Waals surface area contributed by atoms with Crippen LogP contribution in [-0.2, 0) is 28.6 Å². The van der Waals surface area contributed by atoms with Gasteiger partial charge in [-0.25, -0.2) is 0 Å². The Morgan fingerprint density at radius 2 is 0.750 bits per heavy atom. The number of ether oxygens (including phenoxy) is 3. The molecule has 0 aromatic heterocycles. The number of nitrogens with zero attached hydrogens (tertiary/aromatic N) is 1. The lowest BCUT2D eigenvalue weighted by molar-refractivity contribution is -0.149. The summed E-state index contributed by atoms with van der Waals surface area (Å²) in [6.07, 6.45) is 36.2. The van der Waals surface area contributed by atoms with E-state index in [1.807, 2.05) is 14.1 Å². The summed E-state index contributed by atoms with van der Waals surface area (Å²) in [6.45, 7) is 11.6. The first-order valence-electron chi connectivity index (χ1n) is 24.4. The first-order chi connectivity index (χ1) is 27.3. The van der Waals surface area contributed by atoms with E-state index in [-0.39, 0.29) is 23.8 Å². The third-order valence-corrected chi connectivity index (χ3v) is 11.6. The fourth-order valence-electron chi connectivity index (χ4n) is 7.85. The lowest BCUT2D eigenvalue weighted by atomic mass is 9.92. The van der Waals surface area contributed by atoms with Gasteiger partial charge in [0.2, 0.25) is 0 Å². The van der Waals surface area contributed by atoms with Crippen molar-refractivity contribution in [2.75, 3.05) is 40.5 Å². The minimum Gasteiger partial charge on any atom is -0.466 e. The van der Waals surface area contributed by atoms with E-state index in [0.717, 1.165) is 103 Å². The Bertz CT molecular complexity index is 859. The fraction of sp³-hybridized carbons (Fsp3) is 0.939. The Morgan fingerprint density at radius 1 is 0.393 bits per heavy atom. The molecule has 0 fully saturated rings. The largest absolute Gasteiger partial charge is 0.466 e. The summed E-state index contributed by atoms with van der Waals surface area (Å²) in [5, 5.41) is 0. The number of carbonyl (C=O) groups is 3. The quantitative estimate of drug-likeness (QED) is 0.0345. The average molecular weight is 794 g/mol. The molecule has 1 unspecified atom stereocenters. The fourth-order valence-corrected chi connectivity index (χ4v) is 7.85. The molecular weight excluding hydrogens is 699 g/mol. The lowest BCUT2D eigenvalue weighted by Crippen LogP contribution is -2.21. The summed E-state index contributed by atoms with van der Waals surface area (Å²) in [4.78, 5) is 39.9. The molecule has 56 heavy (non-hydrogen) atoms. The minimum atomic E-state index is -0.0559. The Balaban J connectivity index is 4.35. The molecule has 0 spiro atoms. The van der Waals surface area contributed by atoms with E-state index in [0.29, 0.717) is 44.5 Å². The minimum absolute atomic E-state index is 0.0348.